The van der Waals surface area contributed by atoms with E-state index in [4.69, 9.17) is 0 Å². The van der Waals surface area contributed by atoms with Crippen molar-refractivity contribution in [3.63, 3.8) is 0 Å². The Balaban J connectivity index is 1.94. The van der Waals surface area contributed by atoms with E-state index in [0.29, 0.717) is 5.75 Å². The summed E-state index contributed by atoms with van der Waals surface area (Å²) in [6.45, 7) is 5.71. The number of nitrogens with zero attached hydrogens (tertiary/aromatic N) is 2. The summed E-state index contributed by atoms with van der Waals surface area (Å²) in [4.78, 5) is 0. The van der Waals surface area contributed by atoms with Crippen molar-refractivity contribution in [1.29, 1.82) is 0 Å². The normalized spacial score (nSPS) is 10.8. The number of benzene rings is 1. The van der Waals surface area contributed by atoms with Crippen molar-refractivity contribution >= 4 is 0 Å². The van der Waals surface area contributed by atoms with Crippen LogP contribution in [0.2, 0.25) is 0 Å². The minimum atomic E-state index is 0.303. The van der Waals surface area contributed by atoms with Crippen LogP contribution in [0.4, 0.5) is 0 Å². The van der Waals surface area contributed by atoms with Gasteiger partial charge in [-0.25, -0.2) is 0 Å². The third-order valence-corrected chi connectivity index (χ3v) is 3.23. The van der Waals surface area contributed by atoms with Crippen molar-refractivity contribution in [3.05, 3.63) is 46.8 Å². The van der Waals surface area contributed by atoms with Gasteiger partial charge < -0.3 is 10.4 Å². The van der Waals surface area contributed by atoms with Crippen molar-refractivity contribution in [2.45, 2.75) is 26.9 Å². The molecular formula is C14H19N3O. The van der Waals surface area contributed by atoms with Gasteiger partial charge in [-0.15, -0.1) is 0 Å². The van der Waals surface area contributed by atoms with Gasteiger partial charge in [0.1, 0.15) is 5.75 Å². The van der Waals surface area contributed by atoms with Crippen LogP contribution in [0, 0.1) is 13.8 Å². The summed E-state index contributed by atoms with van der Waals surface area (Å²) in [5.74, 6) is 0.303. The number of rotatable bonds is 4. The van der Waals surface area contributed by atoms with Crippen LogP contribution in [0.25, 0.3) is 0 Å². The highest BCUT2D eigenvalue weighted by molar-refractivity contribution is 5.26. The van der Waals surface area contributed by atoms with Crippen LogP contribution in [0.5, 0.6) is 5.75 Å². The van der Waals surface area contributed by atoms with Gasteiger partial charge in [-0.1, -0.05) is 12.1 Å². The van der Waals surface area contributed by atoms with E-state index in [-0.39, 0.29) is 0 Å². The topological polar surface area (TPSA) is 50.1 Å². The van der Waals surface area contributed by atoms with Gasteiger partial charge in [0.2, 0.25) is 0 Å². The van der Waals surface area contributed by atoms with Crippen molar-refractivity contribution in [2.24, 2.45) is 7.05 Å². The first-order valence-electron chi connectivity index (χ1n) is 6.05. The first kappa shape index (κ1) is 12.6. The van der Waals surface area contributed by atoms with Crippen LogP contribution >= 0.6 is 0 Å². The molecule has 0 unspecified atom stereocenters. The maximum absolute atomic E-state index is 9.20. The molecule has 2 N–H and O–H groups in total. The van der Waals surface area contributed by atoms with Crippen LogP contribution in [-0.2, 0) is 20.1 Å². The number of nitrogens with one attached hydrogen (secondary N) is 1. The first-order chi connectivity index (χ1) is 8.58. The number of aryl methyl sites for hydroxylation is 2. The molecule has 0 saturated carbocycles. The van der Waals surface area contributed by atoms with Gasteiger partial charge >= 0.3 is 0 Å². The molecule has 18 heavy (non-hydrogen) atoms. The zero-order valence-corrected chi connectivity index (χ0v) is 11.1. The minimum absolute atomic E-state index is 0.303. The average Bonchev–Trinajstić information content (AvgIpc) is 2.58. The second-order valence-corrected chi connectivity index (χ2v) is 4.54. The van der Waals surface area contributed by atoms with E-state index >= 15 is 0 Å². The zero-order valence-electron chi connectivity index (χ0n) is 11.1. The highest BCUT2D eigenvalue weighted by atomic mass is 16.3. The summed E-state index contributed by atoms with van der Waals surface area (Å²) in [5.41, 5.74) is 4.70. The smallest absolute Gasteiger partial charge is 0.115 e. The highest BCUT2D eigenvalue weighted by Gasteiger charge is 2.08. The van der Waals surface area contributed by atoms with Crippen molar-refractivity contribution in [3.8, 4) is 5.75 Å². The first-order valence-corrected chi connectivity index (χ1v) is 6.05. The lowest BCUT2D eigenvalue weighted by atomic mass is 10.2. The predicted octanol–water partition coefficient (Wildman–Crippen LogP) is 2.03. The van der Waals surface area contributed by atoms with Gasteiger partial charge in [0.25, 0.3) is 0 Å². The molecular weight excluding hydrogens is 226 g/mol. The molecule has 0 aliphatic heterocycles. The third kappa shape index (κ3) is 2.71. The Hall–Kier alpha value is -1.81. The minimum Gasteiger partial charge on any atom is -0.508 e. The zero-order chi connectivity index (χ0) is 13.1. The second kappa shape index (κ2) is 5.23. The lowest BCUT2D eigenvalue weighted by Gasteiger charge is -2.06. The Morgan fingerprint density at radius 3 is 2.39 bits per heavy atom. The fraction of sp³-hybridized carbons (Fsp3) is 0.357. The number of hydrogen-bond donors (Lipinski definition) is 2. The Kier molecular flexibility index (Phi) is 3.67. The Morgan fingerprint density at radius 1 is 1.17 bits per heavy atom. The molecule has 0 radical (unpaired) electrons. The Bertz CT molecular complexity index is 529. The average molecular weight is 245 g/mol. The number of aromatic hydroxyl groups is 1. The van der Waals surface area contributed by atoms with Crippen LogP contribution < -0.4 is 5.32 Å². The van der Waals surface area contributed by atoms with Gasteiger partial charge in [-0.05, 0) is 31.5 Å². The molecule has 1 aromatic heterocycles. The monoisotopic (exact) mass is 245 g/mol. The van der Waals surface area contributed by atoms with E-state index < -0.39 is 0 Å². The van der Waals surface area contributed by atoms with Crippen LogP contribution in [-0.4, -0.2) is 14.9 Å². The fourth-order valence-corrected chi connectivity index (χ4v) is 2.02. The van der Waals surface area contributed by atoms with Crippen LogP contribution in [0.1, 0.15) is 22.5 Å². The molecule has 0 fully saturated rings. The maximum Gasteiger partial charge on any atom is 0.115 e. The van der Waals surface area contributed by atoms with Crippen molar-refractivity contribution < 1.29 is 5.11 Å². The number of phenolic OH excluding ortho intramolecular Hbond substituents is 1. The Morgan fingerprint density at radius 2 is 1.83 bits per heavy atom. The van der Waals surface area contributed by atoms with E-state index in [1.165, 1.54) is 11.3 Å². The standard InChI is InChI=1S/C14H19N3O/c1-10-14(11(2)17(3)16-10)9-15-8-12-4-6-13(18)7-5-12/h4-7,15,18H,8-9H2,1-3H3. The predicted molar refractivity (Wildman–Crippen MR) is 71.3 cm³/mol. The van der Waals surface area contributed by atoms with Gasteiger partial charge in [-0.3, -0.25) is 4.68 Å². The quantitative estimate of drug-likeness (QED) is 0.866. The van der Waals surface area contributed by atoms with Crippen LogP contribution in [0.15, 0.2) is 24.3 Å². The van der Waals surface area contributed by atoms with Gasteiger partial charge in [0.15, 0.2) is 0 Å². The van der Waals surface area contributed by atoms with Gasteiger partial charge in [-0.2, -0.15) is 5.10 Å². The molecule has 1 aromatic carbocycles. The number of phenols is 1. The molecule has 0 spiro atoms. The summed E-state index contributed by atoms with van der Waals surface area (Å²) >= 11 is 0. The second-order valence-electron chi connectivity index (χ2n) is 4.54. The summed E-state index contributed by atoms with van der Waals surface area (Å²) in [7, 11) is 1.96. The summed E-state index contributed by atoms with van der Waals surface area (Å²) in [5, 5.41) is 17.0. The molecule has 4 nitrogen and oxygen atoms in total. The summed E-state index contributed by atoms with van der Waals surface area (Å²) in [6.07, 6.45) is 0. The van der Waals surface area contributed by atoms with Gasteiger partial charge in [0, 0.05) is 31.4 Å². The molecule has 0 amide bonds. The number of aromatic nitrogens is 2. The molecule has 2 rings (SSSR count). The lowest BCUT2D eigenvalue weighted by molar-refractivity contribution is 0.475. The van der Waals surface area contributed by atoms with E-state index in [0.717, 1.165) is 24.3 Å². The molecule has 0 aliphatic rings. The highest BCUT2D eigenvalue weighted by Crippen LogP contribution is 2.12. The van der Waals surface area contributed by atoms with E-state index in [9.17, 15) is 5.11 Å². The SMILES string of the molecule is Cc1nn(C)c(C)c1CNCc1ccc(O)cc1. The molecule has 96 valence electrons. The van der Waals surface area contributed by atoms with E-state index in [1.54, 1.807) is 12.1 Å². The van der Waals surface area contributed by atoms with Crippen molar-refractivity contribution in [1.82, 2.24) is 15.1 Å². The molecule has 0 saturated heterocycles. The molecule has 0 atom stereocenters. The molecule has 0 bridgehead atoms. The lowest BCUT2D eigenvalue weighted by Crippen LogP contribution is -2.13. The number of hydrogen-bond acceptors (Lipinski definition) is 3. The maximum atomic E-state index is 9.20. The summed E-state index contributed by atoms with van der Waals surface area (Å²) in [6, 6.07) is 7.26. The summed E-state index contributed by atoms with van der Waals surface area (Å²) < 4.78 is 1.91. The molecule has 1 heterocycles. The van der Waals surface area contributed by atoms with E-state index in [1.807, 2.05) is 30.8 Å². The van der Waals surface area contributed by atoms with Gasteiger partial charge in [0.05, 0.1) is 5.69 Å². The molecule has 0 aliphatic carbocycles. The largest absolute Gasteiger partial charge is 0.508 e. The third-order valence-electron chi connectivity index (χ3n) is 3.23. The van der Waals surface area contributed by atoms with E-state index in [2.05, 4.69) is 17.3 Å². The molecule has 2 aromatic rings. The Labute approximate surface area is 107 Å². The fourth-order valence-electron chi connectivity index (χ4n) is 2.02. The molecule has 4 heteroatoms. The van der Waals surface area contributed by atoms with Crippen LogP contribution in [0.3, 0.4) is 0 Å². The van der Waals surface area contributed by atoms with Crippen molar-refractivity contribution in [2.75, 3.05) is 0 Å².